The molecule has 0 aromatic carbocycles. The van der Waals surface area contributed by atoms with Gasteiger partial charge in [-0.15, -0.1) is 0 Å². The molecule has 2 rings (SSSR count). The summed E-state index contributed by atoms with van der Waals surface area (Å²) in [6, 6.07) is -0.309. The average Bonchev–Trinajstić information content (AvgIpc) is 3.08. The Kier molecular flexibility index (Phi) is 6.18. The number of carbonyl (C=O) groups excluding carboxylic acids is 2. The van der Waals surface area contributed by atoms with Crippen molar-refractivity contribution in [2.75, 3.05) is 13.2 Å². The van der Waals surface area contributed by atoms with Gasteiger partial charge in [0, 0.05) is 12.6 Å². The lowest BCUT2D eigenvalue weighted by Gasteiger charge is -2.24. The molecule has 1 aliphatic carbocycles. The number of ether oxygens (including phenoxy) is 1. The summed E-state index contributed by atoms with van der Waals surface area (Å²) in [6.45, 7) is 5.29. The molecule has 1 atom stereocenters. The largest absolute Gasteiger partial charge is 0.377 e. The van der Waals surface area contributed by atoms with E-state index in [0.717, 1.165) is 25.7 Å². The predicted octanol–water partition coefficient (Wildman–Crippen LogP) is 1.85. The third kappa shape index (κ3) is 4.04. The van der Waals surface area contributed by atoms with E-state index < -0.39 is 0 Å². The molecule has 120 valence electrons. The van der Waals surface area contributed by atoms with Gasteiger partial charge in [0.1, 0.15) is 0 Å². The molecule has 5 heteroatoms. The van der Waals surface area contributed by atoms with E-state index in [1.807, 2.05) is 13.8 Å². The fourth-order valence-corrected chi connectivity index (χ4v) is 3.36. The highest BCUT2D eigenvalue weighted by molar-refractivity contribution is 6.05. The third-order valence-corrected chi connectivity index (χ3v) is 4.64. The molecule has 21 heavy (non-hydrogen) atoms. The summed E-state index contributed by atoms with van der Waals surface area (Å²) in [6.07, 6.45) is 7.17. The van der Waals surface area contributed by atoms with Crippen molar-refractivity contribution in [3.8, 4) is 0 Å². The van der Waals surface area contributed by atoms with Crippen LogP contribution in [0, 0.1) is 0 Å². The first-order valence-electron chi connectivity index (χ1n) is 8.38. The van der Waals surface area contributed by atoms with Crippen molar-refractivity contribution >= 4 is 11.8 Å². The summed E-state index contributed by atoms with van der Waals surface area (Å²) in [5.41, 5.74) is 0. The highest BCUT2D eigenvalue weighted by Crippen LogP contribution is 2.21. The highest BCUT2D eigenvalue weighted by atomic mass is 16.5. The molecule has 0 aromatic rings. The Labute approximate surface area is 127 Å². The SMILES string of the molecule is CCC(CC)N1C(=O)CC(NCCOC2CCCC2)C1=O. The van der Waals surface area contributed by atoms with Gasteiger partial charge < -0.3 is 10.1 Å². The van der Waals surface area contributed by atoms with Gasteiger partial charge in [0.25, 0.3) is 0 Å². The molecule has 5 nitrogen and oxygen atoms in total. The fraction of sp³-hybridized carbons (Fsp3) is 0.875. The Morgan fingerprint density at radius 2 is 1.90 bits per heavy atom. The number of hydrogen-bond acceptors (Lipinski definition) is 4. The van der Waals surface area contributed by atoms with Gasteiger partial charge in [-0.1, -0.05) is 26.7 Å². The first kappa shape index (κ1) is 16.4. The molecule has 2 aliphatic rings. The van der Waals surface area contributed by atoms with E-state index >= 15 is 0 Å². The van der Waals surface area contributed by atoms with E-state index in [0.29, 0.717) is 25.7 Å². The van der Waals surface area contributed by atoms with Crippen LogP contribution >= 0.6 is 0 Å². The predicted molar refractivity (Wildman–Crippen MR) is 80.8 cm³/mol. The zero-order chi connectivity index (χ0) is 15.2. The standard InChI is InChI=1S/C16H28N2O3/c1-3-12(4-2)18-15(19)11-14(16(18)20)17-9-10-21-13-7-5-6-8-13/h12-14,17H,3-11H2,1-2H3. The Balaban J connectivity index is 1.74. The quantitative estimate of drug-likeness (QED) is 0.548. The lowest BCUT2D eigenvalue weighted by molar-refractivity contribution is -0.141. The lowest BCUT2D eigenvalue weighted by atomic mass is 10.1. The second-order valence-electron chi connectivity index (χ2n) is 6.06. The van der Waals surface area contributed by atoms with Crippen LogP contribution in [0.25, 0.3) is 0 Å². The summed E-state index contributed by atoms with van der Waals surface area (Å²) >= 11 is 0. The van der Waals surface area contributed by atoms with Gasteiger partial charge in [0.2, 0.25) is 11.8 Å². The van der Waals surface area contributed by atoms with Crippen LogP contribution in [0.2, 0.25) is 0 Å². The van der Waals surface area contributed by atoms with E-state index in [1.165, 1.54) is 17.7 Å². The number of hydrogen-bond donors (Lipinski definition) is 1. The number of amides is 2. The maximum atomic E-state index is 12.3. The van der Waals surface area contributed by atoms with Crippen LogP contribution in [-0.2, 0) is 14.3 Å². The Morgan fingerprint density at radius 3 is 2.52 bits per heavy atom. The van der Waals surface area contributed by atoms with Gasteiger partial charge in [-0.05, 0) is 25.7 Å². The Hall–Kier alpha value is -0.940. The summed E-state index contributed by atoms with van der Waals surface area (Å²) in [5.74, 6) is -0.0996. The smallest absolute Gasteiger partial charge is 0.247 e. The molecular formula is C16H28N2O3. The van der Waals surface area contributed by atoms with E-state index in [-0.39, 0.29) is 23.9 Å². The van der Waals surface area contributed by atoms with E-state index in [2.05, 4.69) is 5.32 Å². The number of imide groups is 1. The first-order valence-corrected chi connectivity index (χ1v) is 8.38. The molecule has 2 fully saturated rings. The summed E-state index contributed by atoms with van der Waals surface area (Å²) in [4.78, 5) is 25.8. The van der Waals surface area contributed by atoms with Crippen molar-refractivity contribution in [3.05, 3.63) is 0 Å². The van der Waals surface area contributed by atoms with Crippen LogP contribution < -0.4 is 5.32 Å². The van der Waals surface area contributed by atoms with Crippen LogP contribution in [0.3, 0.4) is 0 Å². The van der Waals surface area contributed by atoms with Gasteiger partial charge in [-0.3, -0.25) is 14.5 Å². The maximum absolute atomic E-state index is 12.3. The van der Waals surface area contributed by atoms with Gasteiger partial charge in [-0.25, -0.2) is 0 Å². The molecule has 1 saturated heterocycles. The minimum atomic E-state index is -0.356. The summed E-state index contributed by atoms with van der Waals surface area (Å²) in [7, 11) is 0. The lowest BCUT2D eigenvalue weighted by Crippen LogP contribution is -2.44. The first-order chi connectivity index (χ1) is 10.2. The van der Waals surface area contributed by atoms with Crippen molar-refractivity contribution in [1.82, 2.24) is 10.2 Å². The Morgan fingerprint density at radius 1 is 1.24 bits per heavy atom. The molecular weight excluding hydrogens is 268 g/mol. The van der Waals surface area contributed by atoms with Gasteiger partial charge >= 0.3 is 0 Å². The van der Waals surface area contributed by atoms with Crippen LogP contribution in [-0.4, -0.2) is 48.1 Å². The second-order valence-corrected chi connectivity index (χ2v) is 6.06. The molecule has 1 aliphatic heterocycles. The Bertz CT molecular complexity index is 363. The van der Waals surface area contributed by atoms with Crippen molar-refractivity contribution in [2.45, 2.75) is 77.0 Å². The third-order valence-electron chi connectivity index (χ3n) is 4.64. The van der Waals surface area contributed by atoms with E-state index in [4.69, 9.17) is 4.74 Å². The molecule has 1 N–H and O–H groups in total. The second kappa shape index (κ2) is 7.90. The molecule has 2 amide bonds. The van der Waals surface area contributed by atoms with Crippen LogP contribution in [0.5, 0.6) is 0 Å². The molecule has 0 aromatic heterocycles. The van der Waals surface area contributed by atoms with Crippen molar-refractivity contribution in [2.24, 2.45) is 0 Å². The van der Waals surface area contributed by atoms with Crippen molar-refractivity contribution < 1.29 is 14.3 Å². The fourth-order valence-electron chi connectivity index (χ4n) is 3.36. The minimum absolute atomic E-state index is 0.0390. The zero-order valence-corrected chi connectivity index (χ0v) is 13.3. The van der Waals surface area contributed by atoms with E-state index in [1.54, 1.807) is 0 Å². The van der Waals surface area contributed by atoms with Crippen LogP contribution in [0.1, 0.15) is 58.8 Å². The topological polar surface area (TPSA) is 58.6 Å². The number of rotatable bonds is 8. The summed E-state index contributed by atoms with van der Waals surface area (Å²) < 4.78 is 5.77. The number of carbonyl (C=O) groups is 2. The van der Waals surface area contributed by atoms with Crippen LogP contribution in [0.4, 0.5) is 0 Å². The highest BCUT2D eigenvalue weighted by Gasteiger charge is 2.40. The molecule has 1 unspecified atom stereocenters. The molecule has 1 heterocycles. The maximum Gasteiger partial charge on any atom is 0.247 e. The monoisotopic (exact) mass is 296 g/mol. The van der Waals surface area contributed by atoms with Gasteiger partial charge in [0.15, 0.2) is 0 Å². The van der Waals surface area contributed by atoms with E-state index in [9.17, 15) is 9.59 Å². The average molecular weight is 296 g/mol. The molecule has 0 radical (unpaired) electrons. The number of likely N-dealkylation sites (tertiary alicyclic amines) is 1. The van der Waals surface area contributed by atoms with Crippen molar-refractivity contribution in [1.29, 1.82) is 0 Å². The zero-order valence-electron chi connectivity index (χ0n) is 13.3. The minimum Gasteiger partial charge on any atom is -0.377 e. The number of nitrogens with one attached hydrogen (secondary N) is 1. The van der Waals surface area contributed by atoms with Crippen molar-refractivity contribution in [3.63, 3.8) is 0 Å². The van der Waals surface area contributed by atoms with Crippen LogP contribution in [0.15, 0.2) is 0 Å². The number of nitrogens with zero attached hydrogens (tertiary/aromatic N) is 1. The molecule has 1 saturated carbocycles. The molecule has 0 spiro atoms. The summed E-state index contributed by atoms with van der Waals surface area (Å²) in [5, 5.41) is 3.18. The van der Waals surface area contributed by atoms with Gasteiger partial charge in [-0.2, -0.15) is 0 Å². The van der Waals surface area contributed by atoms with Gasteiger partial charge in [0.05, 0.1) is 25.2 Å². The normalized spacial score (nSPS) is 23.8. The molecule has 0 bridgehead atoms.